The summed E-state index contributed by atoms with van der Waals surface area (Å²) in [6.07, 6.45) is -0.143. The average Bonchev–Trinajstić information content (AvgIpc) is 2.41. The predicted octanol–water partition coefficient (Wildman–Crippen LogP) is 2.29. The molecule has 0 aromatic heterocycles. The van der Waals surface area contributed by atoms with Crippen LogP contribution >= 0.6 is 11.6 Å². The number of carbonyl (C=O) groups excluding carboxylic acids is 2. The third kappa shape index (κ3) is 4.20. The fourth-order valence-corrected chi connectivity index (χ4v) is 2.01. The van der Waals surface area contributed by atoms with E-state index in [1.807, 2.05) is 0 Å². The summed E-state index contributed by atoms with van der Waals surface area (Å²) in [5.74, 6) is -1.66. The molecule has 0 saturated carbocycles. The lowest BCUT2D eigenvalue weighted by molar-refractivity contribution is -0.146. The largest absolute Gasteiger partial charge is 0.469 e. The monoisotopic (exact) mass is 301 g/mol. The molecule has 0 aliphatic rings. The fourth-order valence-electron chi connectivity index (χ4n) is 1.78. The Labute approximate surface area is 122 Å². The van der Waals surface area contributed by atoms with E-state index in [9.17, 15) is 14.0 Å². The van der Waals surface area contributed by atoms with Gasteiger partial charge in [0.1, 0.15) is 5.82 Å². The van der Waals surface area contributed by atoms with Crippen LogP contribution in [0.25, 0.3) is 0 Å². The SMILES string of the molecule is COC(=O)C(C)CN(C)C(=O)Cc1c(F)cccc1Cl. The zero-order valence-corrected chi connectivity index (χ0v) is 12.4. The van der Waals surface area contributed by atoms with Crippen molar-refractivity contribution in [3.63, 3.8) is 0 Å². The van der Waals surface area contributed by atoms with Crippen molar-refractivity contribution in [2.75, 3.05) is 20.7 Å². The highest BCUT2D eigenvalue weighted by molar-refractivity contribution is 6.31. The van der Waals surface area contributed by atoms with Crippen LogP contribution in [0.1, 0.15) is 12.5 Å². The minimum absolute atomic E-state index is 0.143. The number of methoxy groups -OCH3 is 1. The number of rotatable bonds is 5. The van der Waals surface area contributed by atoms with Gasteiger partial charge in [-0.2, -0.15) is 0 Å². The van der Waals surface area contributed by atoms with Gasteiger partial charge < -0.3 is 9.64 Å². The molecular weight excluding hydrogens is 285 g/mol. The van der Waals surface area contributed by atoms with Crippen molar-refractivity contribution < 1.29 is 18.7 Å². The van der Waals surface area contributed by atoms with Gasteiger partial charge in [-0.05, 0) is 12.1 Å². The predicted molar refractivity (Wildman–Crippen MR) is 73.9 cm³/mol. The molecule has 1 aromatic carbocycles. The number of hydrogen-bond donors (Lipinski definition) is 0. The summed E-state index contributed by atoms with van der Waals surface area (Å²) in [7, 11) is 2.84. The third-order valence-electron chi connectivity index (χ3n) is 2.97. The third-order valence-corrected chi connectivity index (χ3v) is 3.32. The first-order chi connectivity index (χ1) is 9.36. The number of ether oxygens (including phenoxy) is 1. The van der Waals surface area contributed by atoms with Crippen molar-refractivity contribution in [2.24, 2.45) is 5.92 Å². The van der Waals surface area contributed by atoms with Crippen LogP contribution in [0.4, 0.5) is 4.39 Å². The Morgan fingerprint density at radius 3 is 2.65 bits per heavy atom. The molecule has 6 heteroatoms. The lowest BCUT2D eigenvalue weighted by Crippen LogP contribution is -2.35. The molecule has 4 nitrogen and oxygen atoms in total. The Hall–Kier alpha value is -1.62. The molecule has 1 aromatic rings. The van der Waals surface area contributed by atoms with Crippen molar-refractivity contribution in [1.29, 1.82) is 0 Å². The zero-order valence-electron chi connectivity index (χ0n) is 11.7. The Kier molecular flexibility index (Phi) is 5.95. The molecule has 1 unspecified atom stereocenters. The van der Waals surface area contributed by atoms with Gasteiger partial charge in [0.05, 0.1) is 19.4 Å². The number of halogens is 2. The van der Waals surface area contributed by atoms with Crippen LogP contribution in [0.2, 0.25) is 5.02 Å². The number of carbonyl (C=O) groups is 2. The van der Waals surface area contributed by atoms with Gasteiger partial charge in [-0.3, -0.25) is 9.59 Å². The van der Waals surface area contributed by atoms with Crippen LogP contribution in [0, 0.1) is 11.7 Å². The average molecular weight is 302 g/mol. The van der Waals surface area contributed by atoms with E-state index in [2.05, 4.69) is 4.74 Å². The molecule has 0 bridgehead atoms. The summed E-state index contributed by atoms with van der Waals surface area (Å²) in [4.78, 5) is 24.7. The van der Waals surface area contributed by atoms with Gasteiger partial charge in [0.25, 0.3) is 0 Å². The lowest BCUT2D eigenvalue weighted by atomic mass is 10.1. The van der Waals surface area contributed by atoms with Gasteiger partial charge in [-0.25, -0.2) is 4.39 Å². The van der Waals surface area contributed by atoms with Crippen molar-refractivity contribution in [1.82, 2.24) is 4.90 Å². The Morgan fingerprint density at radius 2 is 2.10 bits per heavy atom. The molecule has 0 aliphatic heterocycles. The van der Waals surface area contributed by atoms with Gasteiger partial charge in [0, 0.05) is 24.2 Å². The maximum atomic E-state index is 13.6. The Bertz CT molecular complexity index is 487. The molecular formula is C14H17ClFNO3. The highest BCUT2D eigenvalue weighted by Gasteiger charge is 2.20. The van der Waals surface area contributed by atoms with E-state index < -0.39 is 17.7 Å². The van der Waals surface area contributed by atoms with Crippen LogP contribution in [-0.4, -0.2) is 37.5 Å². The fraction of sp³-hybridized carbons (Fsp3) is 0.429. The Balaban J connectivity index is 2.69. The maximum absolute atomic E-state index is 13.6. The molecule has 0 radical (unpaired) electrons. The van der Waals surface area contributed by atoms with Gasteiger partial charge in [-0.15, -0.1) is 0 Å². The standard InChI is InChI=1S/C14H17ClFNO3/c1-9(14(19)20-3)8-17(2)13(18)7-10-11(15)5-4-6-12(10)16/h4-6,9H,7-8H2,1-3H3. The van der Waals surface area contributed by atoms with Crippen molar-refractivity contribution in [3.8, 4) is 0 Å². The van der Waals surface area contributed by atoms with E-state index in [1.165, 1.54) is 30.2 Å². The molecule has 0 saturated heterocycles. The molecule has 0 fully saturated rings. The smallest absolute Gasteiger partial charge is 0.310 e. The molecule has 1 atom stereocenters. The minimum Gasteiger partial charge on any atom is -0.469 e. The summed E-state index contributed by atoms with van der Waals surface area (Å²) in [6.45, 7) is 1.86. The lowest BCUT2D eigenvalue weighted by Gasteiger charge is -2.20. The first-order valence-corrected chi connectivity index (χ1v) is 6.49. The molecule has 1 amide bonds. The second kappa shape index (κ2) is 7.24. The molecule has 1 rings (SSSR count). The summed E-state index contributed by atoms with van der Waals surface area (Å²) in [5, 5.41) is 0.216. The van der Waals surface area contributed by atoms with E-state index in [0.717, 1.165) is 0 Å². The van der Waals surface area contributed by atoms with Gasteiger partial charge >= 0.3 is 5.97 Å². The summed E-state index contributed by atoms with van der Waals surface area (Å²) in [5.41, 5.74) is 0.164. The van der Waals surface area contributed by atoms with E-state index in [-0.39, 0.29) is 29.5 Å². The number of likely N-dealkylation sites (N-methyl/N-ethyl adjacent to an activating group) is 1. The van der Waals surface area contributed by atoms with E-state index >= 15 is 0 Å². The molecule has 0 spiro atoms. The van der Waals surface area contributed by atoms with Gasteiger partial charge in [0.2, 0.25) is 5.91 Å². The summed E-state index contributed by atoms with van der Waals surface area (Å²) in [6, 6.07) is 4.27. The van der Waals surface area contributed by atoms with Crippen LogP contribution < -0.4 is 0 Å². The molecule has 0 N–H and O–H groups in total. The second-order valence-corrected chi connectivity index (χ2v) is 4.98. The van der Waals surface area contributed by atoms with Gasteiger partial charge in [0.15, 0.2) is 0 Å². The van der Waals surface area contributed by atoms with Crippen molar-refractivity contribution in [2.45, 2.75) is 13.3 Å². The second-order valence-electron chi connectivity index (χ2n) is 4.58. The molecule has 20 heavy (non-hydrogen) atoms. The highest BCUT2D eigenvalue weighted by atomic mass is 35.5. The summed E-state index contributed by atoms with van der Waals surface area (Å²) >= 11 is 5.87. The number of benzene rings is 1. The molecule has 0 aliphatic carbocycles. The Morgan fingerprint density at radius 1 is 1.45 bits per heavy atom. The van der Waals surface area contributed by atoms with E-state index in [1.54, 1.807) is 14.0 Å². The quantitative estimate of drug-likeness (QED) is 0.784. The normalized spacial score (nSPS) is 11.8. The van der Waals surface area contributed by atoms with Crippen LogP contribution in [-0.2, 0) is 20.7 Å². The zero-order chi connectivity index (χ0) is 15.3. The number of hydrogen-bond acceptors (Lipinski definition) is 3. The topological polar surface area (TPSA) is 46.6 Å². The summed E-state index contributed by atoms with van der Waals surface area (Å²) < 4.78 is 18.2. The van der Waals surface area contributed by atoms with Crippen molar-refractivity contribution in [3.05, 3.63) is 34.6 Å². The minimum atomic E-state index is -0.514. The first kappa shape index (κ1) is 16.4. The molecule has 110 valence electrons. The first-order valence-electron chi connectivity index (χ1n) is 6.11. The van der Waals surface area contributed by atoms with E-state index in [0.29, 0.717) is 0 Å². The van der Waals surface area contributed by atoms with Crippen LogP contribution in [0.15, 0.2) is 18.2 Å². The highest BCUT2D eigenvalue weighted by Crippen LogP contribution is 2.20. The maximum Gasteiger partial charge on any atom is 0.310 e. The molecule has 0 heterocycles. The van der Waals surface area contributed by atoms with Gasteiger partial charge in [-0.1, -0.05) is 24.6 Å². The number of nitrogens with zero attached hydrogens (tertiary/aromatic N) is 1. The van der Waals surface area contributed by atoms with E-state index in [4.69, 9.17) is 11.6 Å². The van der Waals surface area contributed by atoms with Crippen LogP contribution in [0.3, 0.4) is 0 Å². The van der Waals surface area contributed by atoms with Crippen molar-refractivity contribution >= 4 is 23.5 Å². The number of esters is 1. The van der Waals surface area contributed by atoms with Crippen LogP contribution in [0.5, 0.6) is 0 Å². The number of amides is 1.